The van der Waals surface area contributed by atoms with Crippen molar-refractivity contribution in [1.29, 1.82) is 0 Å². The molecular weight excluding hydrogens is 192 g/mol. The van der Waals surface area contributed by atoms with E-state index in [-0.39, 0.29) is 5.56 Å². The fourth-order valence-electron chi connectivity index (χ4n) is 1.30. The second kappa shape index (κ2) is 5.20. The van der Waals surface area contributed by atoms with Crippen LogP contribution in [0.3, 0.4) is 0 Å². The molecule has 0 spiro atoms. The van der Waals surface area contributed by atoms with Crippen LogP contribution in [-0.2, 0) is 6.54 Å². The maximum atomic E-state index is 11.6. The number of hydrogen-bond donors (Lipinski definition) is 0. The van der Waals surface area contributed by atoms with E-state index in [0.717, 1.165) is 6.42 Å². The van der Waals surface area contributed by atoms with Gasteiger partial charge in [-0.3, -0.25) is 9.36 Å². The molecule has 0 amide bonds. The van der Waals surface area contributed by atoms with Crippen LogP contribution in [0, 0.1) is 19.3 Å². The number of terminal acetylenes is 1. The molecule has 0 aliphatic rings. The van der Waals surface area contributed by atoms with Crippen LogP contribution in [0.5, 0.6) is 6.01 Å². The van der Waals surface area contributed by atoms with E-state index in [1.165, 1.54) is 17.7 Å². The number of rotatable bonds is 4. The molecule has 0 fully saturated rings. The summed E-state index contributed by atoms with van der Waals surface area (Å²) in [5.74, 6) is 2.53. The fourth-order valence-corrected chi connectivity index (χ4v) is 1.30. The lowest BCUT2D eigenvalue weighted by atomic mass is 10.3. The van der Waals surface area contributed by atoms with Crippen LogP contribution in [-0.4, -0.2) is 16.7 Å². The Morgan fingerprint density at radius 2 is 2.40 bits per heavy atom. The van der Waals surface area contributed by atoms with Gasteiger partial charge in [-0.1, -0.05) is 0 Å². The van der Waals surface area contributed by atoms with Gasteiger partial charge in [0.25, 0.3) is 11.6 Å². The first kappa shape index (κ1) is 11.3. The van der Waals surface area contributed by atoms with Crippen molar-refractivity contribution in [2.75, 3.05) is 7.11 Å². The minimum Gasteiger partial charge on any atom is -0.468 e. The molecule has 1 rings (SSSR count). The Hall–Kier alpha value is -1.76. The van der Waals surface area contributed by atoms with Crippen molar-refractivity contribution in [1.82, 2.24) is 9.55 Å². The summed E-state index contributed by atoms with van der Waals surface area (Å²) in [6.07, 6.45) is 6.53. The molecule has 4 heteroatoms. The first-order valence-electron chi connectivity index (χ1n) is 4.75. The van der Waals surface area contributed by atoms with Crippen LogP contribution < -0.4 is 10.3 Å². The molecule has 0 unspecified atom stereocenters. The van der Waals surface area contributed by atoms with Crippen molar-refractivity contribution in [2.45, 2.75) is 26.3 Å². The third kappa shape index (κ3) is 2.84. The summed E-state index contributed by atoms with van der Waals surface area (Å²) < 4.78 is 6.53. The third-order valence-corrected chi connectivity index (χ3v) is 1.99. The van der Waals surface area contributed by atoms with Crippen molar-refractivity contribution >= 4 is 0 Å². The Labute approximate surface area is 88.9 Å². The molecule has 0 aliphatic heterocycles. The van der Waals surface area contributed by atoms with Crippen LogP contribution >= 0.6 is 0 Å². The zero-order chi connectivity index (χ0) is 11.3. The summed E-state index contributed by atoms with van der Waals surface area (Å²) in [5.41, 5.74) is 0.557. The Morgan fingerprint density at radius 1 is 1.67 bits per heavy atom. The molecule has 15 heavy (non-hydrogen) atoms. The van der Waals surface area contributed by atoms with Gasteiger partial charge < -0.3 is 4.74 Å². The molecule has 0 saturated heterocycles. The highest BCUT2D eigenvalue weighted by Gasteiger charge is 2.06. The van der Waals surface area contributed by atoms with Crippen molar-refractivity contribution in [2.24, 2.45) is 0 Å². The van der Waals surface area contributed by atoms with Crippen LogP contribution in [0.15, 0.2) is 10.9 Å². The first-order chi connectivity index (χ1) is 7.19. The van der Waals surface area contributed by atoms with Gasteiger partial charge in [0.1, 0.15) is 0 Å². The predicted molar refractivity (Wildman–Crippen MR) is 57.9 cm³/mol. The first-order valence-corrected chi connectivity index (χ1v) is 4.75. The van der Waals surface area contributed by atoms with Crippen LogP contribution in [0.4, 0.5) is 0 Å². The topological polar surface area (TPSA) is 44.1 Å². The molecule has 80 valence electrons. The maximum Gasteiger partial charge on any atom is 0.299 e. The van der Waals surface area contributed by atoms with Gasteiger partial charge in [-0.2, -0.15) is 0 Å². The Bertz CT molecular complexity index is 429. The van der Waals surface area contributed by atoms with Gasteiger partial charge in [-0.15, -0.1) is 12.3 Å². The predicted octanol–water partition coefficient (Wildman–Crippen LogP) is 0.974. The molecule has 0 N–H and O–H groups in total. The Balaban J connectivity index is 2.95. The summed E-state index contributed by atoms with van der Waals surface area (Å²) >= 11 is 0. The highest BCUT2D eigenvalue weighted by atomic mass is 16.5. The summed E-state index contributed by atoms with van der Waals surface area (Å²) in [7, 11) is 1.50. The smallest absolute Gasteiger partial charge is 0.299 e. The Kier molecular flexibility index (Phi) is 3.92. The molecule has 1 aromatic heterocycles. The SMILES string of the molecule is C#CCCCn1c(OC)nc(C)cc1=O. The molecule has 0 aliphatic carbocycles. The van der Waals surface area contributed by atoms with E-state index in [2.05, 4.69) is 10.9 Å². The van der Waals surface area contributed by atoms with Crippen LogP contribution in [0.1, 0.15) is 18.5 Å². The second-order valence-electron chi connectivity index (χ2n) is 3.18. The quantitative estimate of drug-likeness (QED) is 0.544. The van der Waals surface area contributed by atoms with Gasteiger partial charge in [0.2, 0.25) is 0 Å². The summed E-state index contributed by atoms with van der Waals surface area (Å²) in [6.45, 7) is 2.30. The lowest BCUT2D eigenvalue weighted by Gasteiger charge is -2.09. The molecule has 0 bridgehead atoms. The Morgan fingerprint density at radius 3 is 3.00 bits per heavy atom. The van der Waals surface area contributed by atoms with Gasteiger partial charge in [0, 0.05) is 24.7 Å². The summed E-state index contributed by atoms with van der Waals surface area (Å²) in [4.78, 5) is 15.7. The lowest BCUT2D eigenvalue weighted by Crippen LogP contribution is -2.22. The van der Waals surface area contributed by atoms with Crippen molar-refractivity contribution in [3.8, 4) is 18.4 Å². The molecule has 4 nitrogen and oxygen atoms in total. The van der Waals surface area contributed by atoms with Crippen LogP contribution in [0.25, 0.3) is 0 Å². The second-order valence-corrected chi connectivity index (χ2v) is 3.18. The van der Waals surface area contributed by atoms with E-state index in [0.29, 0.717) is 24.7 Å². The van der Waals surface area contributed by atoms with Crippen molar-refractivity contribution in [3.63, 3.8) is 0 Å². The zero-order valence-electron chi connectivity index (χ0n) is 8.99. The lowest BCUT2D eigenvalue weighted by molar-refractivity contribution is 0.342. The highest BCUT2D eigenvalue weighted by Crippen LogP contribution is 2.05. The summed E-state index contributed by atoms with van der Waals surface area (Å²) in [5, 5.41) is 0. The van der Waals surface area contributed by atoms with Gasteiger partial charge in [0.05, 0.1) is 7.11 Å². The molecule has 1 heterocycles. The zero-order valence-corrected chi connectivity index (χ0v) is 8.99. The van der Waals surface area contributed by atoms with E-state index in [4.69, 9.17) is 11.2 Å². The monoisotopic (exact) mass is 206 g/mol. The molecule has 0 aromatic carbocycles. The standard InChI is InChI=1S/C11H14N2O2/c1-4-5-6-7-13-10(14)8-9(2)12-11(13)15-3/h1,8H,5-7H2,2-3H3. The molecule has 0 saturated carbocycles. The number of aromatic nitrogens is 2. The average Bonchev–Trinajstić information content (AvgIpc) is 2.20. The van der Waals surface area contributed by atoms with Crippen molar-refractivity contribution in [3.05, 3.63) is 22.1 Å². The molecule has 0 radical (unpaired) electrons. The number of ether oxygens (including phenoxy) is 1. The number of aryl methyl sites for hydroxylation is 1. The maximum absolute atomic E-state index is 11.6. The van der Waals surface area contributed by atoms with E-state index in [1.807, 2.05) is 0 Å². The van der Waals surface area contributed by atoms with E-state index >= 15 is 0 Å². The average molecular weight is 206 g/mol. The molecular formula is C11H14N2O2. The number of methoxy groups -OCH3 is 1. The fraction of sp³-hybridized carbons (Fsp3) is 0.455. The van der Waals surface area contributed by atoms with E-state index in [9.17, 15) is 4.79 Å². The normalized spacial score (nSPS) is 9.67. The minimum absolute atomic E-state index is 0.101. The number of hydrogen-bond acceptors (Lipinski definition) is 3. The summed E-state index contributed by atoms with van der Waals surface area (Å²) in [6, 6.07) is 1.83. The van der Waals surface area contributed by atoms with Gasteiger partial charge in [0.15, 0.2) is 0 Å². The van der Waals surface area contributed by atoms with Crippen molar-refractivity contribution < 1.29 is 4.74 Å². The number of nitrogens with zero attached hydrogens (tertiary/aromatic N) is 2. The van der Waals surface area contributed by atoms with E-state index in [1.54, 1.807) is 6.92 Å². The molecule has 1 aromatic rings. The minimum atomic E-state index is -0.101. The number of unbranched alkanes of at least 4 members (excludes halogenated alkanes) is 1. The largest absolute Gasteiger partial charge is 0.468 e. The van der Waals surface area contributed by atoms with Gasteiger partial charge >= 0.3 is 0 Å². The van der Waals surface area contributed by atoms with E-state index < -0.39 is 0 Å². The van der Waals surface area contributed by atoms with Gasteiger partial charge in [-0.25, -0.2) is 4.98 Å². The highest BCUT2D eigenvalue weighted by molar-refractivity contribution is 5.06. The third-order valence-electron chi connectivity index (χ3n) is 1.99. The molecule has 0 atom stereocenters. The van der Waals surface area contributed by atoms with Crippen LogP contribution in [0.2, 0.25) is 0 Å². The van der Waals surface area contributed by atoms with Gasteiger partial charge in [-0.05, 0) is 13.3 Å².